The molecule has 0 bridgehead atoms. The summed E-state index contributed by atoms with van der Waals surface area (Å²) in [7, 11) is -4.36. The molecule has 0 N–H and O–H groups in total. The zero-order valence-electron chi connectivity index (χ0n) is 9.80. The molecule has 0 aliphatic rings. The molecule has 0 aromatic heterocycles. The maximum absolute atomic E-state index is 10.9. The fourth-order valence-electron chi connectivity index (χ4n) is 1.65. The van der Waals surface area contributed by atoms with Crippen molar-refractivity contribution in [3.63, 3.8) is 0 Å². The van der Waals surface area contributed by atoms with Crippen molar-refractivity contribution in [2.45, 2.75) is 18.2 Å². The Balaban J connectivity index is 0.00000144. The summed E-state index contributed by atoms with van der Waals surface area (Å²) < 4.78 is 32.6. The molecule has 0 atom stereocenters. The number of hydrogen-bond donors (Lipinski definition) is 0. The van der Waals surface area contributed by atoms with Gasteiger partial charge in [-0.15, -0.1) is 0 Å². The van der Waals surface area contributed by atoms with Crippen molar-refractivity contribution in [1.82, 2.24) is 0 Å². The number of hydrogen-bond acceptors (Lipinski definition) is 3. The monoisotopic (exact) mass is 274 g/mol. The van der Waals surface area contributed by atoms with E-state index in [0.717, 1.165) is 22.8 Å². The van der Waals surface area contributed by atoms with E-state index in [0.29, 0.717) is 0 Å². The zero-order chi connectivity index (χ0) is 11.8. The van der Waals surface area contributed by atoms with Crippen LogP contribution in [0, 0.1) is 0 Å². The van der Waals surface area contributed by atoms with Crippen molar-refractivity contribution in [3.05, 3.63) is 42.0 Å². The van der Waals surface area contributed by atoms with Crippen LogP contribution in [0.3, 0.4) is 0 Å². The van der Waals surface area contributed by atoms with Crippen LogP contribution in [0.4, 0.5) is 0 Å². The fourth-order valence-corrected chi connectivity index (χ4v) is 2.16. The minimum Gasteiger partial charge on any atom is -0.744 e. The predicted octanol–water partition coefficient (Wildman–Crippen LogP) is -0.690. The maximum atomic E-state index is 10.9. The van der Waals surface area contributed by atoms with Gasteiger partial charge in [-0.25, -0.2) is 8.42 Å². The average molecular weight is 274 g/mol. The third-order valence-electron chi connectivity index (χ3n) is 2.57. The Morgan fingerprint density at radius 1 is 1.06 bits per heavy atom. The quantitative estimate of drug-likeness (QED) is 0.538. The van der Waals surface area contributed by atoms with Crippen LogP contribution < -0.4 is 51.4 Å². The molecule has 0 amide bonds. The summed E-state index contributed by atoms with van der Waals surface area (Å²) >= 11 is 0. The molecule has 0 fully saturated rings. The zero-order valence-corrected chi connectivity index (χ0v) is 13.7. The first-order chi connectivity index (χ1) is 7.50. The first kappa shape index (κ1) is 15.3. The second kappa shape index (κ2) is 5.93. The summed E-state index contributed by atoms with van der Waals surface area (Å²) in [5.41, 5.74) is 1.12. The first-order valence-corrected chi connectivity index (χ1v) is 6.40. The van der Waals surface area contributed by atoms with E-state index in [9.17, 15) is 13.0 Å². The molecule has 3 nitrogen and oxygen atoms in total. The van der Waals surface area contributed by atoms with Gasteiger partial charge in [-0.2, -0.15) is 0 Å². The molecule has 0 spiro atoms. The summed E-state index contributed by atoms with van der Waals surface area (Å²) in [6, 6.07) is 10.2. The maximum Gasteiger partial charge on any atom is 1.00 e. The van der Waals surface area contributed by atoms with Crippen molar-refractivity contribution >= 4 is 20.9 Å². The third kappa shape index (κ3) is 3.60. The summed E-state index contributed by atoms with van der Waals surface area (Å²) in [6.07, 6.45) is 0.879. The van der Waals surface area contributed by atoms with Crippen LogP contribution in [-0.4, -0.2) is 13.0 Å². The van der Waals surface area contributed by atoms with Gasteiger partial charge in [0.15, 0.2) is 0 Å². The van der Waals surface area contributed by atoms with Gasteiger partial charge >= 0.3 is 51.4 Å². The van der Waals surface area contributed by atoms with Crippen LogP contribution in [0.1, 0.15) is 12.5 Å². The SMILES string of the molecule is CCc1ccc2ccc(S(=O)(=O)[O-])cc2c1.[K+]. The summed E-state index contributed by atoms with van der Waals surface area (Å²) in [4.78, 5) is -0.173. The van der Waals surface area contributed by atoms with E-state index in [1.165, 1.54) is 12.1 Å². The molecule has 0 heterocycles. The molecule has 0 radical (unpaired) electrons. The first-order valence-electron chi connectivity index (χ1n) is 4.99. The van der Waals surface area contributed by atoms with Crippen LogP contribution in [0.25, 0.3) is 10.8 Å². The molecule has 2 aromatic rings. The van der Waals surface area contributed by atoms with Crippen LogP contribution in [-0.2, 0) is 16.5 Å². The van der Waals surface area contributed by atoms with Gasteiger partial charge in [-0.1, -0.05) is 31.2 Å². The van der Waals surface area contributed by atoms with Crippen LogP contribution in [0.15, 0.2) is 41.3 Å². The van der Waals surface area contributed by atoms with Crippen molar-refractivity contribution < 1.29 is 64.4 Å². The molecule has 0 aliphatic carbocycles. The molecule has 2 aromatic carbocycles. The minimum absolute atomic E-state index is 0. The predicted molar refractivity (Wildman–Crippen MR) is 61.3 cm³/mol. The number of fused-ring (bicyclic) bond motifs is 1. The van der Waals surface area contributed by atoms with Gasteiger partial charge in [0.2, 0.25) is 0 Å². The van der Waals surface area contributed by atoms with Crippen molar-refractivity contribution in [1.29, 1.82) is 0 Å². The fraction of sp³-hybridized carbons (Fsp3) is 0.167. The van der Waals surface area contributed by atoms with E-state index in [-0.39, 0.29) is 56.3 Å². The summed E-state index contributed by atoms with van der Waals surface area (Å²) in [5.74, 6) is 0. The Labute approximate surface area is 143 Å². The Morgan fingerprint density at radius 3 is 2.29 bits per heavy atom. The van der Waals surface area contributed by atoms with Gasteiger partial charge < -0.3 is 4.55 Å². The number of benzene rings is 2. The molecule has 0 unspecified atom stereocenters. The van der Waals surface area contributed by atoms with Crippen LogP contribution >= 0.6 is 0 Å². The van der Waals surface area contributed by atoms with Gasteiger partial charge in [-0.3, -0.25) is 0 Å². The van der Waals surface area contributed by atoms with Gasteiger partial charge in [0.1, 0.15) is 10.1 Å². The largest absolute Gasteiger partial charge is 1.00 e. The standard InChI is InChI=1S/C12H12O3S.K/c1-2-9-3-4-10-5-6-12(16(13,14)15)8-11(10)7-9;/h3-8H,2H2,1H3,(H,13,14,15);/q;+1/p-1. The topological polar surface area (TPSA) is 57.2 Å². The minimum atomic E-state index is -4.36. The van der Waals surface area contributed by atoms with Gasteiger partial charge in [0.25, 0.3) is 0 Å². The summed E-state index contributed by atoms with van der Waals surface area (Å²) in [5, 5.41) is 1.72. The molecule has 5 heteroatoms. The van der Waals surface area contributed by atoms with Crippen molar-refractivity contribution in [3.8, 4) is 0 Å². The summed E-state index contributed by atoms with van der Waals surface area (Å²) in [6.45, 7) is 2.02. The van der Waals surface area contributed by atoms with Gasteiger partial charge in [-0.05, 0) is 34.9 Å². The van der Waals surface area contributed by atoms with Gasteiger partial charge in [0, 0.05) is 0 Å². The van der Waals surface area contributed by atoms with E-state index in [2.05, 4.69) is 0 Å². The Kier molecular flexibility index (Phi) is 5.33. The molecular formula is C12H11KO3S. The van der Waals surface area contributed by atoms with Crippen LogP contribution in [0.5, 0.6) is 0 Å². The van der Waals surface area contributed by atoms with E-state index < -0.39 is 10.1 Å². The Morgan fingerprint density at radius 2 is 1.71 bits per heavy atom. The van der Waals surface area contributed by atoms with Crippen molar-refractivity contribution in [2.24, 2.45) is 0 Å². The molecule has 2 rings (SSSR count). The Bertz CT molecular complexity index is 635. The molecule has 0 aliphatic heterocycles. The second-order valence-electron chi connectivity index (χ2n) is 3.65. The van der Waals surface area contributed by atoms with Gasteiger partial charge in [0.05, 0.1) is 4.90 Å². The molecule has 0 saturated carbocycles. The number of aryl methyl sites for hydroxylation is 1. The number of rotatable bonds is 2. The smallest absolute Gasteiger partial charge is 0.744 e. The Hall–Kier alpha value is 0.246. The van der Waals surface area contributed by atoms with E-state index in [4.69, 9.17) is 0 Å². The van der Waals surface area contributed by atoms with Crippen LogP contribution in [0.2, 0.25) is 0 Å². The van der Waals surface area contributed by atoms with E-state index in [1.807, 2.05) is 25.1 Å². The average Bonchev–Trinajstić information content (AvgIpc) is 2.26. The van der Waals surface area contributed by atoms with E-state index in [1.54, 1.807) is 6.07 Å². The van der Waals surface area contributed by atoms with Crippen molar-refractivity contribution in [2.75, 3.05) is 0 Å². The molecule has 84 valence electrons. The molecular weight excluding hydrogens is 263 g/mol. The molecule has 17 heavy (non-hydrogen) atoms. The molecule has 0 saturated heterocycles. The van der Waals surface area contributed by atoms with E-state index >= 15 is 0 Å². The third-order valence-corrected chi connectivity index (χ3v) is 3.40. The normalized spacial score (nSPS) is 11.2. The second-order valence-corrected chi connectivity index (χ2v) is 5.03.